The summed E-state index contributed by atoms with van der Waals surface area (Å²) in [4.78, 5) is 9.52. The highest BCUT2D eigenvalue weighted by Gasteiger charge is 2.19. The number of aromatic nitrogens is 2. The molecule has 0 unspecified atom stereocenters. The van der Waals surface area contributed by atoms with E-state index in [0.717, 1.165) is 25.3 Å². The number of rotatable bonds is 6. The molecule has 0 aliphatic rings. The predicted octanol–water partition coefficient (Wildman–Crippen LogP) is 1.22. The van der Waals surface area contributed by atoms with Gasteiger partial charge in [-0.15, -0.1) is 0 Å². The average molecular weight is 210 g/mol. The number of nitrogens with one attached hydrogen (secondary N) is 1. The van der Waals surface area contributed by atoms with E-state index in [1.807, 2.05) is 6.20 Å². The van der Waals surface area contributed by atoms with Crippen molar-refractivity contribution < 1.29 is 0 Å². The van der Waals surface area contributed by atoms with Crippen LogP contribution in [0.15, 0.2) is 12.5 Å². The molecule has 0 fully saturated rings. The Labute approximate surface area is 91.9 Å². The minimum Gasteiger partial charge on any atom is -0.347 e. The SMILES string of the molecule is CCN(Cc1cnc[nH]1)CC(C)(C)CN. The zero-order valence-electron chi connectivity index (χ0n) is 9.95. The standard InChI is InChI=1S/C11H22N4/c1-4-15(8-11(2,3)7-12)6-10-5-13-9-14-10/h5,9H,4,6-8,12H2,1-3H3,(H,13,14). The van der Waals surface area contributed by atoms with E-state index in [9.17, 15) is 0 Å². The molecule has 4 heteroatoms. The molecule has 0 saturated heterocycles. The van der Waals surface area contributed by atoms with Crippen molar-refractivity contribution in [1.29, 1.82) is 0 Å². The molecule has 0 radical (unpaired) electrons. The lowest BCUT2D eigenvalue weighted by atomic mass is 9.93. The highest BCUT2D eigenvalue weighted by molar-refractivity contribution is 4.94. The van der Waals surface area contributed by atoms with Crippen molar-refractivity contribution in [3.8, 4) is 0 Å². The summed E-state index contributed by atoms with van der Waals surface area (Å²) in [6.45, 7) is 10.2. The minimum atomic E-state index is 0.177. The van der Waals surface area contributed by atoms with Crippen molar-refractivity contribution in [3.63, 3.8) is 0 Å². The van der Waals surface area contributed by atoms with Gasteiger partial charge in [-0.05, 0) is 18.5 Å². The van der Waals surface area contributed by atoms with Crippen LogP contribution in [0.2, 0.25) is 0 Å². The highest BCUT2D eigenvalue weighted by atomic mass is 15.1. The molecule has 0 amide bonds. The molecule has 1 aromatic rings. The number of aromatic amines is 1. The van der Waals surface area contributed by atoms with Gasteiger partial charge in [0.05, 0.1) is 6.33 Å². The number of nitrogens with two attached hydrogens (primary N) is 1. The van der Waals surface area contributed by atoms with Gasteiger partial charge in [-0.25, -0.2) is 4.98 Å². The summed E-state index contributed by atoms with van der Waals surface area (Å²) in [7, 11) is 0. The first-order chi connectivity index (χ1) is 7.07. The molecule has 0 saturated carbocycles. The van der Waals surface area contributed by atoms with E-state index in [4.69, 9.17) is 5.73 Å². The highest BCUT2D eigenvalue weighted by Crippen LogP contribution is 2.15. The topological polar surface area (TPSA) is 57.9 Å². The van der Waals surface area contributed by atoms with Gasteiger partial charge in [-0.1, -0.05) is 20.8 Å². The van der Waals surface area contributed by atoms with E-state index in [2.05, 4.69) is 35.6 Å². The van der Waals surface area contributed by atoms with Crippen LogP contribution < -0.4 is 5.73 Å². The molecule has 15 heavy (non-hydrogen) atoms. The van der Waals surface area contributed by atoms with Gasteiger partial charge in [0.25, 0.3) is 0 Å². The second kappa shape index (κ2) is 5.28. The molecular formula is C11H22N4. The maximum Gasteiger partial charge on any atom is 0.0922 e. The van der Waals surface area contributed by atoms with Crippen LogP contribution in [0.4, 0.5) is 0 Å². The molecule has 0 aliphatic carbocycles. The van der Waals surface area contributed by atoms with Gasteiger partial charge in [-0.3, -0.25) is 4.90 Å². The lowest BCUT2D eigenvalue weighted by molar-refractivity contribution is 0.182. The number of nitrogens with zero attached hydrogens (tertiary/aromatic N) is 2. The molecule has 86 valence electrons. The van der Waals surface area contributed by atoms with Gasteiger partial charge in [0, 0.05) is 25.0 Å². The van der Waals surface area contributed by atoms with Crippen LogP contribution in [-0.4, -0.2) is 34.5 Å². The predicted molar refractivity (Wildman–Crippen MR) is 62.4 cm³/mol. The van der Waals surface area contributed by atoms with E-state index >= 15 is 0 Å². The summed E-state index contributed by atoms with van der Waals surface area (Å²) in [5, 5.41) is 0. The molecule has 1 aromatic heterocycles. The molecule has 0 spiro atoms. The fourth-order valence-electron chi connectivity index (χ4n) is 1.56. The van der Waals surface area contributed by atoms with Crippen molar-refractivity contribution in [2.75, 3.05) is 19.6 Å². The Morgan fingerprint density at radius 1 is 1.53 bits per heavy atom. The Balaban J connectivity index is 2.50. The molecule has 1 rings (SSSR count). The number of imidazole rings is 1. The molecule has 0 bridgehead atoms. The van der Waals surface area contributed by atoms with Crippen molar-refractivity contribution in [2.24, 2.45) is 11.1 Å². The largest absolute Gasteiger partial charge is 0.347 e. The molecule has 0 aliphatic heterocycles. The van der Waals surface area contributed by atoms with E-state index in [1.54, 1.807) is 6.33 Å². The van der Waals surface area contributed by atoms with E-state index < -0.39 is 0 Å². The summed E-state index contributed by atoms with van der Waals surface area (Å²) < 4.78 is 0. The van der Waals surface area contributed by atoms with Gasteiger partial charge in [0.1, 0.15) is 0 Å². The molecule has 1 heterocycles. The summed E-state index contributed by atoms with van der Waals surface area (Å²) in [5.74, 6) is 0. The lowest BCUT2D eigenvalue weighted by Gasteiger charge is -2.30. The van der Waals surface area contributed by atoms with Crippen LogP contribution in [-0.2, 0) is 6.54 Å². The van der Waals surface area contributed by atoms with Crippen LogP contribution in [0, 0.1) is 5.41 Å². The smallest absolute Gasteiger partial charge is 0.0922 e. The van der Waals surface area contributed by atoms with Gasteiger partial charge < -0.3 is 10.7 Å². The van der Waals surface area contributed by atoms with Crippen molar-refractivity contribution >= 4 is 0 Å². The number of hydrogen-bond donors (Lipinski definition) is 2. The third kappa shape index (κ3) is 4.01. The first-order valence-electron chi connectivity index (χ1n) is 5.47. The Hall–Kier alpha value is -0.870. The second-order valence-electron chi connectivity index (χ2n) is 4.75. The van der Waals surface area contributed by atoms with E-state index in [-0.39, 0.29) is 5.41 Å². The summed E-state index contributed by atoms with van der Waals surface area (Å²) in [6.07, 6.45) is 3.59. The normalized spacial score (nSPS) is 12.3. The number of H-pyrrole nitrogens is 1. The van der Waals surface area contributed by atoms with Crippen LogP contribution in [0.3, 0.4) is 0 Å². The monoisotopic (exact) mass is 210 g/mol. The Morgan fingerprint density at radius 3 is 2.73 bits per heavy atom. The van der Waals surface area contributed by atoms with Crippen LogP contribution in [0.25, 0.3) is 0 Å². The molecule has 3 N–H and O–H groups in total. The first-order valence-corrected chi connectivity index (χ1v) is 5.47. The average Bonchev–Trinajstić information content (AvgIpc) is 2.69. The van der Waals surface area contributed by atoms with Gasteiger partial charge in [0.15, 0.2) is 0 Å². The molecule has 0 aromatic carbocycles. The van der Waals surface area contributed by atoms with Crippen LogP contribution >= 0.6 is 0 Å². The Morgan fingerprint density at radius 2 is 2.27 bits per heavy atom. The van der Waals surface area contributed by atoms with E-state index in [0.29, 0.717) is 6.54 Å². The van der Waals surface area contributed by atoms with Gasteiger partial charge >= 0.3 is 0 Å². The fourth-order valence-corrected chi connectivity index (χ4v) is 1.56. The Bertz CT molecular complexity index is 266. The van der Waals surface area contributed by atoms with Crippen molar-refractivity contribution in [3.05, 3.63) is 18.2 Å². The van der Waals surface area contributed by atoms with Crippen LogP contribution in [0.5, 0.6) is 0 Å². The first kappa shape index (κ1) is 12.2. The third-order valence-electron chi connectivity index (χ3n) is 2.60. The fraction of sp³-hybridized carbons (Fsp3) is 0.727. The number of hydrogen-bond acceptors (Lipinski definition) is 3. The van der Waals surface area contributed by atoms with Crippen molar-refractivity contribution in [2.45, 2.75) is 27.3 Å². The summed E-state index contributed by atoms with van der Waals surface area (Å²) >= 11 is 0. The maximum atomic E-state index is 5.74. The zero-order chi connectivity index (χ0) is 11.3. The lowest BCUT2D eigenvalue weighted by Crippen LogP contribution is -2.38. The summed E-state index contributed by atoms with van der Waals surface area (Å²) in [5.41, 5.74) is 7.07. The second-order valence-corrected chi connectivity index (χ2v) is 4.75. The summed E-state index contributed by atoms with van der Waals surface area (Å²) in [6, 6.07) is 0. The molecule has 0 atom stereocenters. The zero-order valence-corrected chi connectivity index (χ0v) is 9.95. The van der Waals surface area contributed by atoms with Crippen LogP contribution in [0.1, 0.15) is 26.5 Å². The van der Waals surface area contributed by atoms with Gasteiger partial charge in [0.2, 0.25) is 0 Å². The third-order valence-corrected chi connectivity index (χ3v) is 2.60. The maximum absolute atomic E-state index is 5.74. The Kier molecular flexibility index (Phi) is 4.29. The molecule has 4 nitrogen and oxygen atoms in total. The van der Waals surface area contributed by atoms with E-state index in [1.165, 1.54) is 0 Å². The van der Waals surface area contributed by atoms with Crippen molar-refractivity contribution in [1.82, 2.24) is 14.9 Å². The van der Waals surface area contributed by atoms with Gasteiger partial charge in [-0.2, -0.15) is 0 Å². The minimum absolute atomic E-state index is 0.177. The molecular weight excluding hydrogens is 188 g/mol. The quantitative estimate of drug-likeness (QED) is 0.742.